The maximum Gasteiger partial charge on any atom is 0.281 e. The molecule has 1 heterocycles. The van der Waals surface area contributed by atoms with E-state index in [2.05, 4.69) is 10.2 Å². The van der Waals surface area contributed by atoms with Crippen LogP contribution in [0.15, 0.2) is 18.2 Å². The highest BCUT2D eigenvalue weighted by Crippen LogP contribution is 2.34. The Kier molecular flexibility index (Phi) is 2.71. The van der Waals surface area contributed by atoms with E-state index in [0.717, 1.165) is 11.3 Å². The van der Waals surface area contributed by atoms with Gasteiger partial charge in [0.2, 0.25) is 5.13 Å². The van der Waals surface area contributed by atoms with Gasteiger partial charge in [0.1, 0.15) is 0 Å². The first-order chi connectivity index (χ1) is 7.58. The van der Waals surface area contributed by atoms with Crippen LogP contribution in [0.5, 0.6) is 0 Å². The second kappa shape index (κ2) is 4.03. The maximum absolute atomic E-state index is 10.8. The molecule has 16 heavy (non-hydrogen) atoms. The van der Waals surface area contributed by atoms with Crippen LogP contribution in [-0.2, 0) is 0 Å². The zero-order chi connectivity index (χ0) is 11.7. The Morgan fingerprint density at radius 2 is 2.19 bits per heavy atom. The Hall–Kier alpha value is -1.73. The molecular formula is C8H5ClN4O2S. The van der Waals surface area contributed by atoms with E-state index < -0.39 is 4.92 Å². The maximum atomic E-state index is 10.8. The molecule has 0 radical (unpaired) electrons. The van der Waals surface area contributed by atoms with Crippen LogP contribution in [0.4, 0.5) is 10.8 Å². The quantitative estimate of drug-likeness (QED) is 0.657. The molecule has 8 heteroatoms. The molecule has 1 aromatic carbocycles. The molecular weight excluding hydrogens is 252 g/mol. The average Bonchev–Trinajstić information content (AvgIpc) is 2.64. The second-order valence-electron chi connectivity index (χ2n) is 2.86. The predicted octanol–water partition coefficient (Wildman–Crippen LogP) is 2.35. The molecule has 2 rings (SSSR count). The first kappa shape index (κ1) is 10.8. The highest BCUT2D eigenvalue weighted by Gasteiger charge is 2.18. The highest BCUT2D eigenvalue weighted by molar-refractivity contribution is 7.18. The van der Waals surface area contributed by atoms with Crippen LogP contribution in [-0.4, -0.2) is 15.1 Å². The molecule has 2 aromatic rings. The van der Waals surface area contributed by atoms with Gasteiger partial charge in [0.25, 0.3) is 5.69 Å². The van der Waals surface area contributed by atoms with Crippen molar-refractivity contribution < 1.29 is 4.92 Å². The molecule has 0 spiro atoms. The Morgan fingerprint density at radius 3 is 2.75 bits per heavy atom. The zero-order valence-electron chi connectivity index (χ0n) is 7.75. The van der Waals surface area contributed by atoms with E-state index in [-0.39, 0.29) is 10.8 Å². The summed E-state index contributed by atoms with van der Waals surface area (Å²) in [5.74, 6) is 0. The van der Waals surface area contributed by atoms with Crippen molar-refractivity contribution in [2.45, 2.75) is 0 Å². The van der Waals surface area contributed by atoms with E-state index in [9.17, 15) is 10.1 Å². The van der Waals surface area contributed by atoms with Gasteiger partial charge >= 0.3 is 0 Å². The summed E-state index contributed by atoms with van der Waals surface area (Å²) in [6.07, 6.45) is 0. The number of hydrogen-bond donors (Lipinski definition) is 1. The van der Waals surface area contributed by atoms with E-state index in [1.807, 2.05) is 0 Å². The monoisotopic (exact) mass is 256 g/mol. The molecule has 6 nitrogen and oxygen atoms in total. The van der Waals surface area contributed by atoms with E-state index >= 15 is 0 Å². The van der Waals surface area contributed by atoms with Crippen molar-refractivity contribution >= 4 is 33.8 Å². The van der Waals surface area contributed by atoms with E-state index in [1.165, 1.54) is 12.1 Å². The topological polar surface area (TPSA) is 94.9 Å². The molecule has 0 atom stereocenters. The third-order valence-electron chi connectivity index (χ3n) is 1.83. The van der Waals surface area contributed by atoms with Crippen molar-refractivity contribution in [3.63, 3.8) is 0 Å². The summed E-state index contributed by atoms with van der Waals surface area (Å²) in [5.41, 5.74) is 5.68. The average molecular weight is 257 g/mol. The number of aromatic nitrogens is 2. The van der Waals surface area contributed by atoms with Gasteiger partial charge in [0, 0.05) is 11.1 Å². The fourth-order valence-corrected chi connectivity index (χ4v) is 1.99. The Morgan fingerprint density at radius 1 is 1.44 bits per heavy atom. The first-order valence-electron chi connectivity index (χ1n) is 4.11. The van der Waals surface area contributed by atoms with Crippen LogP contribution in [0.3, 0.4) is 0 Å². The molecule has 0 aliphatic rings. The minimum absolute atomic E-state index is 0.108. The van der Waals surface area contributed by atoms with Gasteiger partial charge in [-0.15, -0.1) is 10.2 Å². The number of benzene rings is 1. The van der Waals surface area contributed by atoms with Gasteiger partial charge in [-0.05, 0) is 12.1 Å². The van der Waals surface area contributed by atoms with Crippen molar-refractivity contribution in [2.75, 3.05) is 5.73 Å². The lowest BCUT2D eigenvalue weighted by Crippen LogP contribution is -1.91. The summed E-state index contributed by atoms with van der Waals surface area (Å²) in [5, 5.41) is 19.2. The number of nitrogens with zero attached hydrogens (tertiary/aromatic N) is 3. The molecule has 0 saturated heterocycles. The van der Waals surface area contributed by atoms with Gasteiger partial charge < -0.3 is 5.73 Å². The van der Waals surface area contributed by atoms with Crippen LogP contribution in [0.2, 0.25) is 5.02 Å². The van der Waals surface area contributed by atoms with Crippen LogP contribution < -0.4 is 5.73 Å². The summed E-state index contributed by atoms with van der Waals surface area (Å²) in [6.45, 7) is 0. The van der Waals surface area contributed by atoms with Crippen molar-refractivity contribution in [1.82, 2.24) is 10.2 Å². The number of nitrogens with two attached hydrogens (primary N) is 1. The van der Waals surface area contributed by atoms with Gasteiger partial charge in [-0.3, -0.25) is 10.1 Å². The third-order valence-corrected chi connectivity index (χ3v) is 2.85. The van der Waals surface area contributed by atoms with Crippen LogP contribution in [0.25, 0.3) is 10.6 Å². The van der Waals surface area contributed by atoms with Crippen LogP contribution >= 0.6 is 22.9 Å². The Balaban J connectivity index is 2.60. The molecule has 82 valence electrons. The van der Waals surface area contributed by atoms with E-state index in [0.29, 0.717) is 15.6 Å². The molecule has 0 amide bonds. The fourth-order valence-electron chi connectivity index (χ4n) is 1.18. The molecule has 2 N–H and O–H groups in total. The molecule has 1 aromatic heterocycles. The summed E-state index contributed by atoms with van der Waals surface area (Å²) in [7, 11) is 0. The van der Waals surface area contributed by atoms with Gasteiger partial charge in [-0.25, -0.2) is 0 Å². The smallest absolute Gasteiger partial charge is 0.281 e. The first-order valence-corrected chi connectivity index (χ1v) is 5.30. The van der Waals surface area contributed by atoms with Gasteiger partial charge in [0.15, 0.2) is 5.01 Å². The van der Waals surface area contributed by atoms with E-state index in [4.69, 9.17) is 17.3 Å². The van der Waals surface area contributed by atoms with Crippen molar-refractivity contribution in [3.05, 3.63) is 33.3 Å². The predicted molar refractivity (Wildman–Crippen MR) is 61.4 cm³/mol. The SMILES string of the molecule is Nc1nnc(-c2ccc(Cl)cc2[N+](=O)[O-])s1. The van der Waals surface area contributed by atoms with Crippen LogP contribution in [0, 0.1) is 10.1 Å². The Bertz CT molecular complexity index is 557. The van der Waals surface area contributed by atoms with Crippen molar-refractivity contribution in [3.8, 4) is 10.6 Å². The normalized spacial score (nSPS) is 10.3. The summed E-state index contributed by atoms with van der Waals surface area (Å²) >= 11 is 6.78. The zero-order valence-corrected chi connectivity index (χ0v) is 9.33. The van der Waals surface area contributed by atoms with Crippen LogP contribution in [0.1, 0.15) is 0 Å². The number of nitrogen functional groups attached to an aromatic ring is 1. The number of nitro benzene ring substituents is 1. The molecule has 0 fully saturated rings. The number of hydrogen-bond acceptors (Lipinski definition) is 6. The fraction of sp³-hybridized carbons (Fsp3) is 0. The molecule has 0 bridgehead atoms. The second-order valence-corrected chi connectivity index (χ2v) is 4.31. The number of halogens is 1. The van der Waals surface area contributed by atoms with E-state index in [1.54, 1.807) is 6.07 Å². The highest BCUT2D eigenvalue weighted by atomic mass is 35.5. The third kappa shape index (κ3) is 1.95. The van der Waals surface area contributed by atoms with Gasteiger partial charge in [0.05, 0.1) is 10.5 Å². The van der Waals surface area contributed by atoms with Crippen molar-refractivity contribution in [1.29, 1.82) is 0 Å². The molecule has 0 aliphatic heterocycles. The molecule has 0 unspecified atom stereocenters. The minimum atomic E-state index is -0.515. The summed E-state index contributed by atoms with van der Waals surface area (Å²) in [6, 6.07) is 4.36. The molecule has 0 saturated carbocycles. The molecule has 0 aliphatic carbocycles. The lowest BCUT2D eigenvalue weighted by Gasteiger charge is -1.98. The van der Waals surface area contributed by atoms with Gasteiger partial charge in [-0.2, -0.15) is 0 Å². The lowest BCUT2D eigenvalue weighted by atomic mass is 10.2. The summed E-state index contributed by atoms with van der Waals surface area (Å²) in [4.78, 5) is 10.3. The van der Waals surface area contributed by atoms with Crippen molar-refractivity contribution in [2.24, 2.45) is 0 Å². The summed E-state index contributed by atoms with van der Waals surface area (Å²) < 4.78 is 0. The lowest BCUT2D eigenvalue weighted by molar-refractivity contribution is -0.384. The largest absolute Gasteiger partial charge is 0.374 e. The number of rotatable bonds is 2. The minimum Gasteiger partial charge on any atom is -0.374 e. The van der Waals surface area contributed by atoms with Gasteiger partial charge in [-0.1, -0.05) is 22.9 Å². The number of nitro groups is 1. The Labute approximate surface area is 98.8 Å². The number of anilines is 1. The standard InChI is InChI=1S/C8H5ClN4O2S/c9-4-1-2-5(6(3-4)13(14)15)7-11-12-8(10)16-7/h1-3H,(H2,10,12).